The van der Waals surface area contributed by atoms with Crippen LogP contribution in [0, 0.1) is 46.5 Å². The van der Waals surface area contributed by atoms with Crippen LogP contribution in [0.15, 0.2) is 249 Å². The summed E-state index contributed by atoms with van der Waals surface area (Å²) in [6.45, 7) is 25.9. The second kappa shape index (κ2) is 26.1. The highest BCUT2D eigenvalue weighted by molar-refractivity contribution is 5.96. The molecule has 0 bridgehead atoms. The predicted octanol–water partition coefficient (Wildman–Crippen LogP) is 21.2. The Morgan fingerprint density at radius 1 is 0.419 bits per heavy atom. The van der Waals surface area contributed by atoms with Gasteiger partial charge in [-0.3, -0.25) is 0 Å². The molecule has 2 atom stereocenters. The Hall–Kier alpha value is -8.06. The predicted molar refractivity (Wildman–Crippen MR) is 327 cm³/mol. The summed E-state index contributed by atoms with van der Waals surface area (Å²) in [6.07, 6.45) is 11.4. The molecule has 0 radical (unpaired) electrons. The number of benzene rings is 9. The smallest absolute Gasteiger partial charge is 0.0106 e. The monoisotopic (exact) mass is 963 g/mol. The first-order valence-corrected chi connectivity index (χ1v) is 26.4. The zero-order valence-electron chi connectivity index (χ0n) is 45.5. The van der Waals surface area contributed by atoms with E-state index >= 15 is 0 Å². The molecule has 0 fully saturated rings. The number of hydrogen-bond donors (Lipinski definition) is 0. The first kappa shape index (κ1) is 53.7. The van der Waals surface area contributed by atoms with Crippen LogP contribution in [0.1, 0.15) is 84.7 Å². The lowest BCUT2D eigenvalue weighted by Crippen LogP contribution is -2.06. The third-order valence-corrected chi connectivity index (χ3v) is 14.1. The first-order chi connectivity index (χ1) is 35.9. The van der Waals surface area contributed by atoms with E-state index in [9.17, 15) is 0 Å². The summed E-state index contributed by atoms with van der Waals surface area (Å²) in [4.78, 5) is 0. The normalized spacial score (nSPS) is 14.1. The molecule has 0 heteroatoms. The van der Waals surface area contributed by atoms with E-state index in [1.54, 1.807) is 0 Å². The molecular weight excluding hydrogens is 889 g/mol. The van der Waals surface area contributed by atoms with Gasteiger partial charge in [0.25, 0.3) is 0 Å². The molecule has 370 valence electrons. The maximum atomic E-state index is 4.29. The topological polar surface area (TPSA) is 0 Å². The van der Waals surface area contributed by atoms with Gasteiger partial charge < -0.3 is 0 Å². The maximum absolute atomic E-state index is 4.29. The lowest BCUT2D eigenvalue weighted by atomic mass is 9.85. The summed E-state index contributed by atoms with van der Waals surface area (Å²) in [5.74, 6) is 1.26. The Bertz CT molecular complexity index is 3350. The molecule has 9 aromatic carbocycles. The van der Waals surface area contributed by atoms with Gasteiger partial charge in [0.2, 0.25) is 0 Å². The van der Waals surface area contributed by atoms with Crippen LogP contribution < -0.4 is 0 Å². The minimum atomic E-state index is 0.615. The van der Waals surface area contributed by atoms with Gasteiger partial charge in [-0.25, -0.2) is 0 Å². The van der Waals surface area contributed by atoms with Crippen LogP contribution in [-0.4, -0.2) is 0 Å². The van der Waals surface area contributed by atoms with Gasteiger partial charge in [-0.1, -0.05) is 264 Å². The molecule has 0 aliphatic heterocycles. The van der Waals surface area contributed by atoms with E-state index in [4.69, 9.17) is 0 Å². The Kier molecular flexibility index (Phi) is 18.9. The average molecular weight is 963 g/mol. The van der Waals surface area contributed by atoms with Crippen molar-refractivity contribution in [3.8, 4) is 33.4 Å². The minimum absolute atomic E-state index is 0.615. The van der Waals surface area contributed by atoms with E-state index in [1.807, 2.05) is 38.1 Å². The highest BCUT2D eigenvalue weighted by Gasteiger charge is 2.15. The summed E-state index contributed by atoms with van der Waals surface area (Å²) in [5.41, 5.74) is 24.0. The highest BCUT2D eigenvalue weighted by Crippen LogP contribution is 2.36. The third kappa shape index (κ3) is 13.7. The summed E-state index contributed by atoms with van der Waals surface area (Å²) in [7, 11) is 0. The summed E-state index contributed by atoms with van der Waals surface area (Å²) < 4.78 is 0. The quantitative estimate of drug-likeness (QED) is 0.126. The molecule has 0 N–H and O–H groups in total. The molecule has 0 saturated heterocycles. The van der Waals surface area contributed by atoms with E-state index in [1.165, 1.54) is 105 Å². The number of allylic oxidation sites excluding steroid dienone is 9. The largest absolute Gasteiger partial charge is 0.0911 e. The van der Waals surface area contributed by atoms with Crippen molar-refractivity contribution in [3.63, 3.8) is 0 Å². The Morgan fingerprint density at radius 3 is 1.46 bits per heavy atom. The Labute approximate surface area is 444 Å². The molecule has 1 aliphatic carbocycles. The third-order valence-electron chi connectivity index (χ3n) is 14.1. The van der Waals surface area contributed by atoms with Gasteiger partial charge in [0.05, 0.1) is 0 Å². The van der Waals surface area contributed by atoms with Gasteiger partial charge in [-0.05, 0) is 183 Å². The van der Waals surface area contributed by atoms with Crippen LogP contribution in [0.3, 0.4) is 0 Å². The molecule has 10 rings (SSSR count). The fraction of sp³-hybridized carbons (Fsp3) is 0.162. The van der Waals surface area contributed by atoms with Crippen LogP contribution in [0.5, 0.6) is 0 Å². The van der Waals surface area contributed by atoms with Crippen molar-refractivity contribution >= 4 is 33.1 Å². The molecule has 0 spiro atoms. The van der Waals surface area contributed by atoms with E-state index in [2.05, 4.69) is 280 Å². The van der Waals surface area contributed by atoms with Gasteiger partial charge >= 0.3 is 0 Å². The first-order valence-electron chi connectivity index (χ1n) is 26.4. The van der Waals surface area contributed by atoms with Crippen molar-refractivity contribution in [2.24, 2.45) is 11.8 Å². The standard InChI is InChI=1S/C28H26.C26H24.C18H18.C2H6/c1-19-9-5-7-11-25(19)27-17-23(15-13-21(27)3)24-16-14-22(4)28(18-24)26-12-8-6-10-20(26)2;1-20-11-10-16-25(17-20)26(18-21(2)23-12-6-4-7-13-23)19-22(3)24-14-8-5-9-15-24;1-13-10-11-16(12-14(13)2)18-9-5-7-15-6-3-4-8-17(15)18;1-2/h5-18H,1-4H3;4-19H,2H2,1,3H3;3-14H,1-2H3;1-2H3/b;22-19+,26-18+;;. The van der Waals surface area contributed by atoms with E-state index < -0.39 is 0 Å². The molecule has 0 saturated carbocycles. The van der Waals surface area contributed by atoms with E-state index in [-0.39, 0.29) is 0 Å². The molecule has 9 aromatic rings. The maximum Gasteiger partial charge on any atom is -0.0106 e. The van der Waals surface area contributed by atoms with Crippen molar-refractivity contribution in [3.05, 3.63) is 299 Å². The van der Waals surface area contributed by atoms with Gasteiger partial charge in [-0.2, -0.15) is 0 Å². The van der Waals surface area contributed by atoms with Crippen LogP contribution in [0.4, 0.5) is 0 Å². The highest BCUT2D eigenvalue weighted by atomic mass is 14.2. The molecule has 2 unspecified atom stereocenters. The molecule has 0 nitrogen and oxygen atoms in total. The number of hydrogen-bond acceptors (Lipinski definition) is 0. The second-order valence-corrected chi connectivity index (χ2v) is 19.5. The molecule has 0 heterocycles. The summed E-state index contributed by atoms with van der Waals surface area (Å²) in [5, 5.41) is 2.66. The van der Waals surface area contributed by atoms with Crippen molar-refractivity contribution in [2.75, 3.05) is 0 Å². The zero-order chi connectivity index (χ0) is 52.6. The van der Waals surface area contributed by atoms with Gasteiger partial charge in [0, 0.05) is 0 Å². The number of aryl methyl sites for hydroxylation is 5. The Balaban J connectivity index is 0.000000163. The number of rotatable bonds is 9. The fourth-order valence-electron chi connectivity index (χ4n) is 9.49. The molecule has 1 aliphatic rings. The molecular formula is C74H74. The number of fused-ring (bicyclic) bond motifs is 1. The zero-order valence-corrected chi connectivity index (χ0v) is 45.5. The molecule has 74 heavy (non-hydrogen) atoms. The minimum Gasteiger partial charge on any atom is -0.0911 e. The van der Waals surface area contributed by atoms with Gasteiger partial charge in [0.1, 0.15) is 0 Å². The van der Waals surface area contributed by atoms with Crippen LogP contribution in [0.2, 0.25) is 0 Å². The van der Waals surface area contributed by atoms with Crippen molar-refractivity contribution in [1.29, 1.82) is 0 Å². The second-order valence-electron chi connectivity index (χ2n) is 19.5. The van der Waals surface area contributed by atoms with Crippen molar-refractivity contribution in [2.45, 2.75) is 69.2 Å². The van der Waals surface area contributed by atoms with E-state index in [0.29, 0.717) is 11.8 Å². The van der Waals surface area contributed by atoms with Gasteiger partial charge in [-0.15, -0.1) is 0 Å². The summed E-state index contributed by atoms with van der Waals surface area (Å²) >= 11 is 0. The van der Waals surface area contributed by atoms with Crippen LogP contribution in [0.25, 0.3) is 66.4 Å². The van der Waals surface area contributed by atoms with Gasteiger partial charge in [0.15, 0.2) is 0 Å². The Morgan fingerprint density at radius 2 is 0.892 bits per heavy atom. The molecule has 0 amide bonds. The van der Waals surface area contributed by atoms with Crippen molar-refractivity contribution < 1.29 is 0 Å². The average Bonchev–Trinajstić information content (AvgIpc) is 3.43. The fourth-order valence-corrected chi connectivity index (χ4v) is 9.49. The van der Waals surface area contributed by atoms with Crippen molar-refractivity contribution in [1.82, 2.24) is 0 Å². The summed E-state index contributed by atoms with van der Waals surface area (Å²) in [6, 6.07) is 75.5. The van der Waals surface area contributed by atoms with Crippen LogP contribution in [-0.2, 0) is 0 Å². The van der Waals surface area contributed by atoms with Crippen LogP contribution >= 0.6 is 0 Å². The SMILES string of the molecule is C=C(/C=C(\C=C(/C)c1ccccc1)c1cccc(C)c1)c1ccccc1.CC.CC1C=CC(c2cccc3ccccc23)=CC1C.Cc1ccccc1-c1cc(-c2ccc(C)c(-c3ccccc3C)c2)ccc1C. The lowest BCUT2D eigenvalue weighted by Gasteiger charge is -2.20. The molecule has 0 aromatic heterocycles. The lowest BCUT2D eigenvalue weighted by molar-refractivity contribution is 0.554. The van der Waals surface area contributed by atoms with E-state index in [0.717, 1.165) is 11.1 Å².